The first-order valence-electron chi connectivity index (χ1n) is 7.60. The largest absolute Gasteiger partial charge is 0.512 e. The van der Waals surface area contributed by atoms with Crippen molar-refractivity contribution in [3.63, 3.8) is 0 Å². The highest BCUT2D eigenvalue weighted by Crippen LogP contribution is 2.35. The van der Waals surface area contributed by atoms with Crippen molar-refractivity contribution in [3.05, 3.63) is 64.4 Å². The second-order valence-electron chi connectivity index (χ2n) is 5.47. The van der Waals surface area contributed by atoms with Crippen LogP contribution in [-0.2, 0) is 11.2 Å². The Morgan fingerprint density at radius 2 is 1.78 bits per heavy atom. The third-order valence-electron chi connectivity index (χ3n) is 3.94. The van der Waals surface area contributed by atoms with Crippen molar-refractivity contribution in [3.8, 4) is 11.5 Å². The fourth-order valence-corrected chi connectivity index (χ4v) is 2.87. The standard InChI is InChI=1S/C19H17ClO3/c1-2-12-3-6-15(23-14-7-4-13(20)5-8-14)11-16(12)19-17(21)9-10-18(19)22/h3-8,11,21H,2,9-10H2,1H3. The first-order chi connectivity index (χ1) is 11.1. The van der Waals surface area contributed by atoms with Gasteiger partial charge in [-0.05, 0) is 53.9 Å². The summed E-state index contributed by atoms with van der Waals surface area (Å²) in [5, 5.41) is 10.7. The fourth-order valence-electron chi connectivity index (χ4n) is 2.75. The molecule has 3 rings (SSSR count). The monoisotopic (exact) mass is 328 g/mol. The Bertz CT molecular complexity index is 776. The van der Waals surface area contributed by atoms with Crippen molar-refractivity contribution in [2.75, 3.05) is 0 Å². The summed E-state index contributed by atoms with van der Waals surface area (Å²) < 4.78 is 5.83. The van der Waals surface area contributed by atoms with Gasteiger partial charge in [-0.3, -0.25) is 4.79 Å². The Hall–Kier alpha value is -2.26. The molecule has 0 radical (unpaired) electrons. The van der Waals surface area contributed by atoms with Crippen LogP contribution in [0.1, 0.15) is 30.9 Å². The number of ether oxygens (including phenoxy) is 1. The smallest absolute Gasteiger partial charge is 0.167 e. The van der Waals surface area contributed by atoms with Crippen LogP contribution in [0.25, 0.3) is 5.57 Å². The van der Waals surface area contributed by atoms with E-state index in [0.29, 0.717) is 34.9 Å². The van der Waals surface area contributed by atoms with Gasteiger partial charge in [0.1, 0.15) is 17.3 Å². The van der Waals surface area contributed by atoms with Crippen LogP contribution in [-0.4, -0.2) is 10.9 Å². The number of rotatable bonds is 4. The Balaban J connectivity index is 1.98. The summed E-state index contributed by atoms with van der Waals surface area (Å²) in [6.07, 6.45) is 1.56. The van der Waals surface area contributed by atoms with Crippen LogP contribution < -0.4 is 4.74 Å². The number of carbonyl (C=O) groups is 1. The summed E-state index contributed by atoms with van der Waals surface area (Å²) in [6, 6.07) is 12.7. The van der Waals surface area contributed by atoms with Crippen molar-refractivity contribution in [2.24, 2.45) is 0 Å². The molecule has 0 heterocycles. The lowest BCUT2D eigenvalue weighted by atomic mass is 9.96. The van der Waals surface area contributed by atoms with Gasteiger partial charge in [0.2, 0.25) is 0 Å². The number of Topliss-reactive ketones (excluding diaryl/α,β-unsaturated/α-hetero) is 1. The first kappa shape index (κ1) is 15.6. The van der Waals surface area contributed by atoms with Crippen molar-refractivity contribution >= 4 is 23.0 Å². The molecule has 0 aliphatic heterocycles. The molecule has 0 fully saturated rings. The number of hydrogen-bond donors (Lipinski definition) is 1. The predicted octanol–water partition coefficient (Wildman–Crippen LogP) is 5.33. The molecule has 23 heavy (non-hydrogen) atoms. The molecule has 1 N–H and O–H groups in total. The lowest BCUT2D eigenvalue weighted by molar-refractivity contribution is -0.113. The summed E-state index contributed by atoms with van der Waals surface area (Å²) in [6.45, 7) is 2.02. The molecule has 0 unspecified atom stereocenters. The molecule has 0 spiro atoms. The van der Waals surface area contributed by atoms with Gasteiger partial charge in [-0.1, -0.05) is 24.6 Å². The highest BCUT2D eigenvalue weighted by Gasteiger charge is 2.26. The number of ketones is 1. The number of allylic oxidation sites excluding steroid dienone is 2. The Kier molecular flexibility index (Phi) is 4.39. The van der Waals surface area contributed by atoms with E-state index in [1.165, 1.54) is 0 Å². The van der Waals surface area contributed by atoms with Crippen molar-refractivity contribution in [1.29, 1.82) is 0 Å². The van der Waals surface area contributed by atoms with Gasteiger partial charge in [-0.2, -0.15) is 0 Å². The van der Waals surface area contributed by atoms with Gasteiger partial charge in [0.25, 0.3) is 0 Å². The molecule has 4 heteroatoms. The van der Waals surface area contributed by atoms with E-state index in [0.717, 1.165) is 17.5 Å². The van der Waals surface area contributed by atoms with Crippen LogP contribution in [0.15, 0.2) is 48.2 Å². The van der Waals surface area contributed by atoms with Gasteiger partial charge in [-0.15, -0.1) is 0 Å². The van der Waals surface area contributed by atoms with Crippen molar-refractivity contribution in [2.45, 2.75) is 26.2 Å². The SMILES string of the molecule is CCc1ccc(Oc2ccc(Cl)cc2)cc1C1=C(O)CCC1=O. The van der Waals surface area contributed by atoms with Gasteiger partial charge < -0.3 is 9.84 Å². The minimum atomic E-state index is -0.0131. The molecule has 118 valence electrons. The summed E-state index contributed by atoms with van der Waals surface area (Å²) in [4.78, 5) is 12.1. The summed E-state index contributed by atoms with van der Waals surface area (Å²) in [7, 11) is 0. The average molecular weight is 329 g/mol. The van der Waals surface area contributed by atoms with Gasteiger partial charge >= 0.3 is 0 Å². The minimum absolute atomic E-state index is 0.0131. The maximum Gasteiger partial charge on any atom is 0.167 e. The number of aryl methyl sites for hydroxylation is 1. The van der Waals surface area contributed by atoms with E-state index in [1.54, 1.807) is 24.3 Å². The molecular weight excluding hydrogens is 312 g/mol. The van der Waals surface area contributed by atoms with E-state index in [2.05, 4.69) is 0 Å². The summed E-state index contributed by atoms with van der Waals surface area (Å²) >= 11 is 5.87. The fraction of sp³-hybridized carbons (Fsp3) is 0.211. The van der Waals surface area contributed by atoms with Gasteiger partial charge in [0, 0.05) is 17.9 Å². The van der Waals surface area contributed by atoms with Gasteiger partial charge in [0.05, 0.1) is 5.57 Å². The Morgan fingerprint density at radius 3 is 2.39 bits per heavy atom. The zero-order valence-electron chi connectivity index (χ0n) is 12.8. The number of hydrogen-bond acceptors (Lipinski definition) is 3. The molecule has 1 aliphatic rings. The second-order valence-corrected chi connectivity index (χ2v) is 5.91. The van der Waals surface area contributed by atoms with E-state index in [9.17, 15) is 9.90 Å². The highest BCUT2D eigenvalue weighted by atomic mass is 35.5. The Labute approximate surface area is 140 Å². The van der Waals surface area contributed by atoms with Crippen LogP contribution >= 0.6 is 11.6 Å². The number of aliphatic hydroxyl groups excluding tert-OH is 1. The highest BCUT2D eigenvalue weighted by molar-refractivity contribution is 6.30. The van der Waals surface area contributed by atoms with E-state index in [-0.39, 0.29) is 11.5 Å². The predicted molar refractivity (Wildman–Crippen MR) is 91.1 cm³/mol. The van der Waals surface area contributed by atoms with Crippen LogP contribution in [0.4, 0.5) is 0 Å². The minimum Gasteiger partial charge on any atom is -0.512 e. The Morgan fingerprint density at radius 1 is 1.09 bits per heavy atom. The average Bonchev–Trinajstić information content (AvgIpc) is 2.88. The molecule has 2 aromatic rings. The molecule has 0 atom stereocenters. The number of halogens is 1. The molecule has 0 bridgehead atoms. The van der Waals surface area contributed by atoms with E-state index in [4.69, 9.17) is 16.3 Å². The topological polar surface area (TPSA) is 46.5 Å². The molecule has 0 aromatic heterocycles. The van der Waals surface area contributed by atoms with Crippen molar-refractivity contribution < 1.29 is 14.6 Å². The molecule has 0 amide bonds. The molecule has 3 nitrogen and oxygen atoms in total. The molecular formula is C19H17ClO3. The van der Waals surface area contributed by atoms with E-state index < -0.39 is 0 Å². The third kappa shape index (κ3) is 3.25. The molecule has 2 aromatic carbocycles. The third-order valence-corrected chi connectivity index (χ3v) is 4.19. The second kappa shape index (κ2) is 6.47. The van der Waals surface area contributed by atoms with E-state index >= 15 is 0 Å². The lowest BCUT2D eigenvalue weighted by Crippen LogP contribution is -2.01. The van der Waals surface area contributed by atoms with Gasteiger partial charge in [-0.25, -0.2) is 0 Å². The molecule has 0 saturated carbocycles. The zero-order chi connectivity index (χ0) is 16.4. The van der Waals surface area contributed by atoms with Crippen molar-refractivity contribution in [1.82, 2.24) is 0 Å². The first-order valence-corrected chi connectivity index (χ1v) is 7.98. The van der Waals surface area contributed by atoms with E-state index in [1.807, 2.05) is 25.1 Å². The van der Waals surface area contributed by atoms with Crippen LogP contribution in [0.3, 0.4) is 0 Å². The van der Waals surface area contributed by atoms with Crippen LogP contribution in [0.2, 0.25) is 5.02 Å². The summed E-state index contributed by atoms with van der Waals surface area (Å²) in [5.74, 6) is 1.45. The lowest BCUT2D eigenvalue weighted by Gasteiger charge is -2.12. The summed E-state index contributed by atoms with van der Waals surface area (Å²) in [5.41, 5.74) is 2.22. The number of benzene rings is 2. The molecule has 0 saturated heterocycles. The number of aliphatic hydroxyl groups is 1. The van der Waals surface area contributed by atoms with Crippen LogP contribution in [0, 0.1) is 0 Å². The van der Waals surface area contributed by atoms with Crippen LogP contribution in [0.5, 0.6) is 11.5 Å². The molecule has 1 aliphatic carbocycles. The maximum absolute atomic E-state index is 12.1. The zero-order valence-corrected chi connectivity index (χ0v) is 13.6. The maximum atomic E-state index is 12.1. The van der Waals surface area contributed by atoms with Gasteiger partial charge in [0.15, 0.2) is 5.78 Å². The number of carbonyl (C=O) groups excluding carboxylic acids is 1. The normalized spacial score (nSPS) is 14.4. The quantitative estimate of drug-likeness (QED) is 0.825.